The first kappa shape index (κ1) is 18.3. The van der Waals surface area contributed by atoms with Crippen LogP contribution in [-0.4, -0.2) is 34.2 Å². The number of hydrogen-bond donors (Lipinski definition) is 1. The van der Waals surface area contributed by atoms with Crippen LogP contribution in [0, 0.1) is 13.8 Å². The van der Waals surface area contributed by atoms with Crippen LogP contribution in [0.2, 0.25) is 0 Å². The molecule has 1 aromatic heterocycles. The Balaban J connectivity index is 1.62. The van der Waals surface area contributed by atoms with Gasteiger partial charge in [-0.1, -0.05) is 6.07 Å². The highest BCUT2D eigenvalue weighted by Gasteiger charge is 2.22. The zero-order valence-corrected chi connectivity index (χ0v) is 15.7. The average Bonchev–Trinajstić information content (AvgIpc) is 2.96. The quantitative estimate of drug-likeness (QED) is 0.815. The van der Waals surface area contributed by atoms with Crippen LogP contribution in [0.25, 0.3) is 0 Å². The summed E-state index contributed by atoms with van der Waals surface area (Å²) in [6.45, 7) is 4.90. The second kappa shape index (κ2) is 7.41. The van der Waals surface area contributed by atoms with Crippen LogP contribution in [-0.2, 0) is 17.8 Å². The molecule has 1 aliphatic rings. The molecule has 1 aromatic carbocycles. The number of aryl methyl sites for hydroxylation is 2. The van der Waals surface area contributed by atoms with E-state index < -0.39 is 5.97 Å². The van der Waals surface area contributed by atoms with E-state index in [1.807, 2.05) is 26.0 Å². The molecule has 2 heterocycles. The van der Waals surface area contributed by atoms with Crippen LogP contribution < -0.4 is 0 Å². The van der Waals surface area contributed by atoms with Gasteiger partial charge in [0.1, 0.15) is 0 Å². The third-order valence-electron chi connectivity index (χ3n) is 4.73. The van der Waals surface area contributed by atoms with Gasteiger partial charge in [0.05, 0.1) is 5.56 Å². The van der Waals surface area contributed by atoms with Crippen LogP contribution in [0.4, 0.5) is 0 Å². The number of thiophene rings is 1. The number of ketones is 1. The molecule has 5 nitrogen and oxygen atoms in total. The van der Waals surface area contributed by atoms with E-state index in [4.69, 9.17) is 5.11 Å². The minimum Gasteiger partial charge on any atom is -0.478 e. The maximum Gasteiger partial charge on any atom is 0.335 e. The van der Waals surface area contributed by atoms with Gasteiger partial charge in [0.15, 0.2) is 5.78 Å². The van der Waals surface area contributed by atoms with E-state index in [-0.39, 0.29) is 30.1 Å². The lowest BCUT2D eigenvalue weighted by molar-refractivity contribution is -0.132. The maximum absolute atomic E-state index is 12.5. The number of Topliss-reactive ketones (excluding diaryl/α,β-unsaturated/α-hetero) is 1. The molecule has 0 saturated heterocycles. The largest absolute Gasteiger partial charge is 0.478 e. The number of nitrogens with zero attached hydrogens (tertiary/aromatic N) is 1. The number of amides is 1. The van der Waals surface area contributed by atoms with Crippen molar-refractivity contribution in [2.75, 3.05) is 6.54 Å². The molecule has 26 heavy (non-hydrogen) atoms. The number of benzene rings is 1. The number of hydrogen-bond acceptors (Lipinski definition) is 4. The summed E-state index contributed by atoms with van der Waals surface area (Å²) < 4.78 is 0. The van der Waals surface area contributed by atoms with Gasteiger partial charge in [-0.3, -0.25) is 9.59 Å². The summed E-state index contributed by atoms with van der Waals surface area (Å²) in [6, 6.07) is 6.95. The predicted octanol–water partition coefficient (Wildman–Crippen LogP) is 3.61. The molecule has 0 unspecified atom stereocenters. The van der Waals surface area contributed by atoms with Gasteiger partial charge in [0.25, 0.3) is 0 Å². The number of carboxylic acids is 1. The fraction of sp³-hybridized carbons (Fsp3) is 0.350. The molecule has 136 valence electrons. The summed E-state index contributed by atoms with van der Waals surface area (Å²) in [5.41, 5.74) is 2.91. The molecule has 6 heteroatoms. The topological polar surface area (TPSA) is 74.7 Å². The zero-order valence-electron chi connectivity index (χ0n) is 14.9. The highest BCUT2D eigenvalue weighted by Crippen LogP contribution is 2.24. The molecular weight excluding hydrogens is 350 g/mol. The van der Waals surface area contributed by atoms with E-state index in [1.165, 1.54) is 0 Å². The molecule has 0 atom stereocenters. The Kier molecular flexibility index (Phi) is 5.23. The number of rotatable bonds is 5. The first-order valence-electron chi connectivity index (χ1n) is 8.58. The average molecular weight is 371 g/mol. The number of carbonyl (C=O) groups excluding carboxylic acids is 2. The minimum absolute atomic E-state index is 0.00535. The van der Waals surface area contributed by atoms with Crippen molar-refractivity contribution >= 4 is 29.0 Å². The summed E-state index contributed by atoms with van der Waals surface area (Å²) in [7, 11) is 0. The SMILES string of the molecule is Cc1cc(C(=O)CCC(=O)N2CCc3ccc(C(=O)O)cc3C2)c(C)s1. The molecule has 0 saturated carbocycles. The Hall–Kier alpha value is -2.47. The second-order valence-electron chi connectivity index (χ2n) is 6.60. The molecule has 0 fully saturated rings. The Bertz CT molecular complexity index is 884. The summed E-state index contributed by atoms with van der Waals surface area (Å²) in [5.74, 6) is -1.02. The van der Waals surface area contributed by atoms with E-state index in [9.17, 15) is 14.4 Å². The molecule has 2 aromatic rings. The van der Waals surface area contributed by atoms with Gasteiger partial charge in [-0.15, -0.1) is 11.3 Å². The third-order valence-corrected chi connectivity index (χ3v) is 5.69. The van der Waals surface area contributed by atoms with Gasteiger partial charge >= 0.3 is 5.97 Å². The van der Waals surface area contributed by atoms with Gasteiger partial charge in [0.2, 0.25) is 5.91 Å². The van der Waals surface area contributed by atoms with Gasteiger partial charge in [-0.25, -0.2) is 4.79 Å². The molecule has 0 spiro atoms. The molecular formula is C20H21NO4S. The van der Waals surface area contributed by atoms with Crippen molar-refractivity contribution in [3.63, 3.8) is 0 Å². The van der Waals surface area contributed by atoms with Gasteiger partial charge < -0.3 is 10.0 Å². The van der Waals surface area contributed by atoms with Crippen LogP contribution in [0.1, 0.15) is 54.4 Å². The van der Waals surface area contributed by atoms with E-state index in [0.717, 1.165) is 26.4 Å². The van der Waals surface area contributed by atoms with Crippen LogP contribution in [0.15, 0.2) is 24.3 Å². The van der Waals surface area contributed by atoms with Gasteiger partial charge in [-0.05, 0) is 49.6 Å². The molecule has 0 bridgehead atoms. The number of carboxylic acid groups (broad SMARTS) is 1. The second-order valence-corrected chi connectivity index (χ2v) is 8.06. The Labute approximate surface area is 156 Å². The number of carbonyl (C=O) groups is 3. The van der Waals surface area contributed by atoms with Crippen LogP contribution in [0.5, 0.6) is 0 Å². The van der Waals surface area contributed by atoms with Crippen molar-refractivity contribution in [1.29, 1.82) is 0 Å². The van der Waals surface area contributed by atoms with Crippen LogP contribution >= 0.6 is 11.3 Å². The Morgan fingerprint density at radius 2 is 1.88 bits per heavy atom. The van der Waals surface area contributed by atoms with E-state index >= 15 is 0 Å². The van der Waals surface area contributed by atoms with Crippen molar-refractivity contribution in [2.24, 2.45) is 0 Å². The number of fused-ring (bicyclic) bond motifs is 1. The highest BCUT2D eigenvalue weighted by atomic mass is 32.1. The summed E-state index contributed by atoms with van der Waals surface area (Å²) in [5, 5.41) is 9.12. The lowest BCUT2D eigenvalue weighted by atomic mass is 9.97. The highest BCUT2D eigenvalue weighted by molar-refractivity contribution is 7.12. The van der Waals surface area contributed by atoms with Crippen molar-refractivity contribution in [3.8, 4) is 0 Å². The van der Waals surface area contributed by atoms with Crippen molar-refractivity contribution in [2.45, 2.75) is 39.7 Å². The summed E-state index contributed by atoms with van der Waals surface area (Å²) in [6.07, 6.45) is 1.09. The van der Waals surface area contributed by atoms with E-state index in [2.05, 4.69) is 0 Å². The monoisotopic (exact) mass is 371 g/mol. The fourth-order valence-corrected chi connectivity index (χ4v) is 4.27. The molecule has 1 amide bonds. The molecule has 1 N–H and O–H groups in total. The molecule has 0 radical (unpaired) electrons. The Morgan fingerprint density at radius 1 is 1.12 bits per heavy atom. The van der Waals surface area contributed by atoms with Crippen molar-refractivity contribution in [1.82, 2.24) is 4.90 Å². The minimum atomic E-state index is -0.969. The first-order chi connectivity index (χ1) is 12.3. The maximum atomic E-state index is 12.5. The standard InChI is InChI=1S/C20H21NO4S/c1-12-9-17(13(2)26-12)18(22)5-6-19(23)21-8-7-14-3-4-15(20(24)25)10-16(14)11-21/h3-4,9-10H,5-8,11H2,1-2H3,(H,24,25). The smallest absolute Gasteiger partial charge is 0.335 e. The molecule has 0 aliphatic carbocycles. The lowest BCUT2D eigenvalue weighted by Crippen LogP contribution is -2.36. The lowest BCUT2D eigenvalue weighted by Gasteiger charge is -2.29. The third kappa shape index (κ3) is 3.85. The first-order valence-corrected chi connectivity index (χ1v) is 9.40. The predicted molar refractivity (Wildman–Crippen MR) is 99.9 cm³/mol. The zero-order chi connectivity index (χ0) is 18.8. The van der Waals surface area contributed by atoms with Gasteiger partial charge in [0, 0.05) is 41.2 Å². The number of aromatic carboxylic acids is 1. The van der Waals surface area contributed by atoms with Crippen LogP contribution in [0.3, 0.4) is 0 Å². The van der Waals surface area contributed by atoms with E-state index in [1.54, 1.807) is 28.4 Å². The summed E-state index contributed by atoms with van der Waals surface area (Å²) >= 11 is 1.59. The molecule has 3 rings (SSSR count). The van der Waals surface area contributed by atoms with Crippen molar-refractivity contribution in [3.05, 3.63) is 56.3 Å². The fourth-order valence-electron chi connectivity index (χ4n) is 3.32. The van der Waals surface area contributed by atoms with Crippen molar-refractivity contribution < 1.29 is 19.5 Å². The van der Waals surface area contributed by atoms with E-state index in [0.29, 0.717) is 19.5 Å². The molecule has 1 aliphatic heterocycles. The summed E-state index contributed by atoms with van der Waals surface area (Å²) in [4.78, 5) is 39.8. The normalized spacial score (nSPS) is 13.4. The Morgan fingerprint density at radius 3 is 2.54 bits per heavy atom. The van der Waals surface area contributed by atoms with Gasteiger partial charge in [-0.2, -0.15) is 0 Å².